The first-order valence-corrected chi connectivity index (χ1v) is 8.34. The molecule has 0 unspecified atom stereocenters. The average Bonchev–Trinajstić information content (AvgIpc) is 2.45. The highest BCUT2D eigenvalue weighted by Gasteiger charge is 2.23. The molecule has 0 bridgehead atoms. The minimum absolute atomic E-state index is 0.213. The normalized spacial score (nSPS) is 26.6. The van der Waals surface area contributed by atoms with Gasteiger partial charge in [0.15, 0.2) is 0 Å². The molecule has 0 aromatic rings. The number of nitrogens with zero attached hydrogens (tertiary/aromatic N) is 2. The minimum atomic E-state index is 0.213. The third kappa shape index (κ3) is 5.06. The molecule has 2 rings (SSSR count). The van der Waals surface area contributed by atoms with Gasteiger partial charge in [0.25, 0.3) is 0 Å². The van der Waals surface area contributed by atoms with Crippen LogP contribution in [0.15, 0.2) is 0 Å². The molecular formula is C16H31N3O. The lowest BCUT2D eigenvalue weighted by Crippen LogP contribution is -2.42. The van der Waals surface area contributed by atoms with Crippen molar-refractivity contribution in [3.8, 4) is 0 Å². The van der Waals surface area contributed by atoms with Crippen molar-refractivity contribution in [2.45, 2.75) is 39.0 Å². The molecule has 0 spiro atoms. The third-order valence-electron chi connectivity index (χ3n) is 4.82. The fraction of sp³-hybridized carbons (Fsp3) is 0.938. The highest BCUT2D eigenvalue weighted by molar-refractivity contribution is 5.78. The maximum Gasteiger partial charge on any atom is 0.224 e. The smallest absolute Gasteiger partial charge is 0.224 e. The van der Waals surface area contributed by atoms with Gasteiger partial charge in [-0.25, -0.2) is 0 Å². The van der Waals surface area contributed by atoms with Crippen LogP contribution in [0.1, 0.15) is 39.0 Å². The van der Waals surface area contributed by atoms with Crippen LogP contribution in [0.4, 0.5) is 0 Å². The van der Waals surface area contributed by atoms with Crippen LogP contribution >= 0.6 is 0 Å². The molecule has 1 atom stereocenters. The lowest BCUT2D eigenvalue weighted by Gasteiger charge is -2.30. The predicted molar refractivity (Wildman–Crippen MR) is 82.7 cm³/mol. The van der Waals surface area contributed by atoms with Gasteiger partial charge in [-0.3, -0.25) is 4.79 Å². The van der Waals surface area contributed by atoms with E-state index in [4.69, 9.17) is 0 Å². The van der Waals surface area contributed by atoms with E-state index >= 15 is 0 Å². The van der Waals surface area contributed by atoms with E-state index < -0.39 is 0 Å². The summed E-state index contributed by atoms with van der Waals surface area (Å²) in [5, 5.41) is 3.13. The quantitative estimate of drug-likeness (QED) is 0.777. The van der Waals surface area contributed by atoms with Crippen molar-refractivity contribution >= 4 is 5.91 Å². The molecule has 0 saturated carbocycles. The van der Waals surface area contributed by atoms with E-state index in [9.17, 15) is 4.79 Å². The van der Waals surface area contributed by atoms with Gasteiger partial charge in [-0.05, 0) is 71.2 Å². The molecule has 20 heavy (non-hydrogen) atoms. The molecule has 4 heteroatoms. The fourth-order valence-corrected chi connectivity index (χ4v) is 3.32. The Bertz CT molecular complexity index is 300. The van der Waals surface area contributed by atoms with Crippen LogP contribution in [0.25, 0.3) is 0 Å². The Labute approximate surface area is 123 Å². The number of likely N-dealkylation sites (tertiary alicyclic amines) is 2. The summed E-state index contributed by atoms with van der Waals surface area (Å²) in [4.78, 5) is 16.9. The lowest BCUT2D eigenvalue weighted by atomic mass is 9.97. The van der Waals surface area contributed by atoms with Gasteiger partial charge >= 0.3 is 0 Å². The number of piperidine rings is 2. The van der Waals surface area contributed by atoms with Gasteiger partial charge in [0.05, 0.1) is 5.92 Å². The Hall–Kier alpha value is -0.610. The van der Waals surface area contributed by atoms with E-state index in [2.05, 4.69) is 29.1 Å². The van der Waals surface area contributed by atoms with Gasteiger partial charge < -0.3 is 15.1 Å². The fourth-order valence-electron chi connectivity index (χ4n) is 3.32. The van der Waals surface area contributed by atoms with Crippen molar-refractivity contribution < 1.29 is 4.79 Å². The summed E-state index contributed by atoms with van der Waals surface area (Å²) >= 11 is 0. The molecule has 2 saturated heterocycles. The molecule has 1 amide bonds. The molecule has 0 radical (unpaired) electrons. The van der Waals surface area contributed by atoms with E-state index in [-0.39, 0.29) is 11.8 Å². The van der Waals surface area contributed by atoms with Crippen molar-refractivity contribution in [3.63, 3.8) is 0 Å². The summed E-state index contributed by atoms with van der Waals surface area (Å²) in [5.74, 6) is 1.38. The maximum atomic E-state index is 12.1. The topological polar surface area (TPSA) is 35.6 Å². The Morgan fingerprint density at radius 1 is 1.20 bits per heavy atom. The first-order valence-electron chi connectivity index (χ1n) is 8.34. The van der Waals surface area contributed by atoms with E-state index in [1.54, 1.807) is 0 Å². The molecule has 1 N–H and O–H groups in total. The summed E-state index contributed by atoms with van der Waals surface area (Å²) in [6, 6.07) is 0. The number of nitrogens with one attached hydrogen (secondary N) is 1. The number of hydrogen-bond acceptors (Lipinski definition) is 3. The molecular weight excluding hydrogens is 250 g/mol. The highest BCUT2D eigenvalue weighted by Crippen LogP contribution is 2.16. The van der Waals surface area contributed by atoms with Crippen molar-refractivity contribution in [1.82, 2.24) is 15.1 Å². The van der Waals surface area contributed by atoms with Crippen LogP contribution in [0, 0.1) is 11.8 Å². The second kappa shape index (κ2) is 7.99. The summed E-state index contributed by atoms with van der Waals surface area (Å²) < 4.78 is 0. The maximum absolute atomic E-state index is 12.1. The van der Waals surface area contributed by atoms with Crippen molar-refractivity contribution in [2.75, 3.05) is 46.3 Å². The van der Waals surface area contributed by atoms with Crippen molar-refractivity contribution in [3.05, 3.63) is 0 Å². The standard InChI is InChI=1S/C16H31N3O/c1-14-6-11-19(12-7-14)10-4-8-17-16(20)15-5-3-9-18(2)13-15/h14-15H,3-13H2,1-2H3,(H,17,20)/t15-/m1/s1. The largest absolute Gasteiger partial charge is 0.356 e. The molecule has 0 aromatic carbocycles. The van der Waals surface area contributed by atoms with Gasteiger partial charge in [0.1, 0.15) is 0 Å². The zero-order valence-electron chi connectivity index (χ0n) is 13.2. The lowest BCUT2D eigenvalue weighted by molar-refractivity contribution is -0.126. The Balaban J connectivity index is 1.55. The summed E-state index contributed by atoms with van der Waals surface area (Å²) in [6.07, 6.45) is 5.96. The van der Waals surface area contributed by atoms with E-state index in [1.807, 2.05) is 0 Å². The SMILES string of the molecule is CC1CCN(CCCNC(=O)[C@@H]2CCCN(C)C2)CC1. The van der Waals surface area contributed by atoms with Gasteiger partial charge in [0, 0.05) is 13.1 Å². The van der Waals surface area contributed by atoms with Crippen LogP contribution in [-0.2, 0) is 4.79 Å². The monoisotopic (exact) mass is 281 g/mol. The molecule has 0 aliphatic carbocycles. The van der Waals surface area contributed by atoms with Gasteiger partial charge in [-0.15, -0.1) is 0 Å². The van der Waals surface area contributed by atoms with Crippen LogP contribution in [0.2, 0.25) is 0 Å². The minimum Gasteiger partial charge on any atom is -0.356 e. The summed E-state index contributed by atoms with van der Waals surface area (Å²) in [6.45, 7) is 8.86. The highest BCUT2D eigenvalue weighted by atomic mass is 16.1. The van der Waals surface area contributed by atoms with Gasteiger partial charge in [-0.2, -0.15) is 0 Å². The van der Waals surface area contributed by atoms with Crippen LogP contribution < -0.4 is 5.32 Å². The van der Waals surface area contributed by atoms with Crippen LogP contribution in [0.3, 0.4) is 0 Å². The average molecular weight is 281 g/mol. The molecule has 2 aliphatic heterocycles. The molecule has 4 nitrogen and oxygen atoms in total. The Kier molecular flexibility index (Phi) is 6.30. The summed E-state index contributed by atoms with van der Waals surface area (Å²) in [5.41, 5.74) is 0. The molecule has 0 aromatic heterocycles. The van der Waals surface area contributed by atoms with E-state index in [1.165, 1.54) is 25.9 Å². The number of carbonyl (C=O) groups is 1. The Morgan fingerprint density at radius 2 is 1.95 bits per heavy atom. The van der Waals surface area contributed by atoms with Crippen LogP contribution in [0.5, 0.6) is 0 Å². The molecule has 116 valence electrons. The van der Waals surface area contributed by atoms with Gasteiger partial charge in [-0.1, -0.05) is 6.92 Å². The summed E-state index contributed by atoms with van der Waals surface area (Å²) in [7, 11) is 2.11. The number of carbonyl (C=O) groups excluding carboxylic acids is 1. The van der Waals surface area contributed by atoms with E-state index in [0.717, 1.165) is 51.4 Å². The molecule has 2 fully saturated rings. The van der Waals surface area contributed by atoms with Gasteiger partial charge in [0.2, 0.25) is 5.91 Å². The number of amides is 1. The third-order valence-corrected chi connectivity index (χ3v) is 4.82. The molecule has 2 heterocycles. The zero-order chi connectivity index (χ0) is 14.4. The second-order valence-electron chi connectivity index (χ2n) is 6.77. The zero-order valence-corrected chi connectivity index (χ0v) is 13.2. The Morgan fingerprint density at radius 3 is 2.65 bits per heavy atom. The number of hydrogen-bond donors (Lipinski definition) is 1. The first kappa shape index (κ1) is 15.8. The van der Waals surface area contributed by atoms with Crippen LogP contribution in [-0.4, -0.2) is 62.0 Å². The van der Waals surface area contributed by atoms with Crippen molar-refractivity contribution in [1.29, 1.82) is 0 Å². The first-order chi connectivity index (χ1) is 9.65. The van der Waals surface area contributed by atoms with E-state index in [0.29, 0.717) is 0 Å². The molecule has 2 aliphatic rings. The predicted octanol–water partition coefficient (Wildman–Crippen LogP) is 1.57. The van der Waals surface area contributed by atoms with Crippen molar-refractivity contribution in [2.24, 2.45) is 11.8 Å². The second-order valence-corrected chi connectivity index (χ2v) is 6.77. The number of rotatable bonds is 5.